The van der Waals surface area contributed by atoms with Crippen molar-refractivity contribution in [2.45, 2.75) is 0 Å². The number of phenols is 1. The number of rotatable bonds is 2. The highest BCUT2D eigenvalue weighted by Gasteiger charge is 2.27. The van der Waals surface area contributed by atoms with Crippen LogP contribution in [0.5, 0.6) is 17.2 Å². The smallest absolute Gasteiger partial charge is 0.232 e. The molecule has 0 bridgehead atoms. The van der Waals surface area contributed by atoms with Gasteiger partial charge in [0.2, 0.25) is 5.78 Å². The number of allylic oxidation sites excluding steroid dienone is 1. The summed E-state index contributed by atoms with van der Waals surface area (Å²) in [7, 11) is 1.45. The molecule has 0 fully saturated rings. The van der Waals surface area contributed by atoms with Crippen LogP contribution in [0, 0.1) is 0 Å². The van der Waals surface area contributed by atoms with Gasteiger partial charge in [0.25, 0.3) is 0 Å². The lowest BCUT2D eigenvalue weighted by Gasteiger charge is -2.07. The number of methoxy groups -OCH3 is 1. The van der Waals surface area contributed by atoms with Gasteiger partial charge in [0, 0.05) is 5.02 Å². The van der Waals surface area contributed by atoms with E-state index in [0.29, 0.717) is 32.1 Å². The second-order valence-electron chi connectivity index (χ2n) is 4.63. The van der Waals surface area contributed by atoms with E-state index in [1.165, 1.54) is 7.11 Å². The quantitative estimate of drug-likeness (QED) is 0.782. The molecule has 0 spiro atoms. The van der Waals surface area contributed by atoms with Gasteiger partial charge < -0.3 is 14.6 Å². The summed E-state index contributed by atoms with van der Waals surface area (Å²) >= 11 is 9.13. The highest BCUT2D eigenvalue weighted by molar-refractivity contribution is 9.10. The number of hydrogen-bond donors (Lipinski definition) is 1. The van der Waals surface area contributed by atoms with Gasteiger partial charge in [-0.05, 0) is 57.9 Å². The second kappa shape index (κ2) is 5.66. The van der Waals surface area contributed by atoms with Crippen LogP contribution in [-0.4, -0.2) is 18.0 Å². The Hall–Kier alpha value is -1.98. The number of ether oxygens (including phenoxy) is 2. The Morgan fingerprint density at radius 1 is 1.32 bits per heavy atom. The van der Waals surface area contributed by atoms with Crippen molar-refractivity contribution in [3.63, 3.8) is 0 Å². The van der Waals surface area contributed by atoms with Crippen molar-refractivity contribution in [2.24, 2.45) is 0 Å². The third kappa shape index (κ3) is 2.58. The number of halogens is 2. The Kier molecular flexibility index (Phi) is 3.85. The number of fused-ring (bicyclic) bond motifs is 1. The van der Waals surface area contributed by atoms with Gasteiger partial charge in [0.05, 0.1) is 17.1 Å². The van der Waals surface area contributed by atoms with E-state index in [9.17, 15) is 9.90 Å². The standard InChI is InChI=1S/C16H10BrClO4/c1-21-13-5-8(4-11(17)16(13)20)6-14-15(19)10-7-9(18)2-3-12(10)22-14/h2-7,20H,1H3. The zero-order chi connectivity index (χ0) is 15.9. The molecule has 0 amide bonds. The van der Waals surface area contributed by atoms with Gasteiger partial charge in [-0.3, -0.25) is 4.79 Å². The zero-order valence-electron chi connectivity index (χ0n) is 11.4. The maximum atomic E-state index is 12.3. The monoisotopic (exact) mass is 380 g/mol. The minimum absolute atomic E-state index is 0.00150. The lowest BCUT2D eigenvalue weighted by Crippen LogP contribution is -1.98. The third-order valence-electron chi connectivity index (χ3n) is 3.20. The number of carbonyl (C=O) groups excluding carboxylic acids is 1. The van der Waals surface area contributed by atoms with Gasteiger partial charge in [-0.2, -0.15) is 0 Å². The first-order chi connectivity index (χ1) is 10.5. The number of aromatic hydroxyl groups is 1. The molecule has 0 aliphatic carbocycles. The SMILES string of the molecule is COc1cc(C=C2Oc3ccc(Cl)cc3C2=O)cc(Br)c1O. The number of Topliss-reactive ketones (excluding diaryl/α,β-unsaturated/α-hetero) is 1. The second-order valence-corrected chi connectivity index (χ2v) is 5.92. The van der Waals surface area contributed by atoms with Gasteiger partial charge in [0.15, 0.2) is 17.3 Å². The molecule has 22 heavy (non-hydrogen) atoms. The molecule has 4 nitrogen and oxygen atoms in total. The maximum Gasteiger partial charge on any atom is 0.232 e. The van der Waals surface area contributed by atoms with Crippen LogP contribution in [-0.2, 0) is 0 Å². The fourth-order valence-corrected chi connectivity index (χ4v) is 2.78. The van der Waals surface area contributed by atoms with Crippen molar-refractivity contribution in [1.29, 1.82) is 0 Å². The van der Waals surface area contributed by atoms with Crippen LogP contribution in [0.3, 0.4) is 0 Å². The topological polar surface area (TPSA) is 55.8 Å². The van der Waals surface area contributed by atoms with Crippen LogP contribution in [0.15, 0.2) is 40.6 Å². The molecule has 0 saturated carbocycles. The number of hydrogen-bond acceptors (Lipinski definition) is 4. The molecule has 0 unspecified atom stereocenters. The summed E-state index contributed by atoms with van der Waals surface area (Å²) in [5.41, 5.74) is 1.09. The number of phenolic OH excluding ortho intramolecular Hbond substituents is 1. The number of carbonyl (C=O) groups is 1. The Labute approximate surface area is 140 Å². The van der Waals surface area contributed by atoms with E-state index in [4.69, 9.17) is 21.1 Å². The summed E-state index contributed by atoms with van der Waals surface area (Å²) in [6, 6.07) is 8.17. The molecular formula is C16H10BrClO4. The molecule has 6 heteroatoms. The first-order valence-corrected chi connectivity index (χ1v) is 7.47. The molecule has 2 aromatic rings. The number of benzene rings is 2. The minimum atomic E-state index is -0.235. The molecule has 1 N–H and O–H groups in total. The van der Waals surface area contributed by atoms with Gasteiger partial charge >= 0.3 is 0 Å². The van der Waals surface area contributed by atoms with Crippen molar-refractivity contribution in [3.8, 4) is 17.2 Å². The van der Waals surface area contributed by atoms with E-state index in [1.807, 2.05) is 0 Å². The van der Waals surface area contributed by atoms with Gasteiger partial charge in [-0.15, -0.1) is 0 Å². The molecule has 0 saturated heterocycles. The van der Waals surface area contributed by atoms with E-state index in [-0.39, 0.29) is 17.3 Å². The summed E-state index contributed by atoms with van der Waals surface area (Å²) in [5.74, 6) is 0.730. The molecule has 1 aliphatic heterocycles. The predicted octanol–water partition coefficient (Wildman–Crippen LogP) is 4.43. The van der Waals surface area contributed by atoms with Gasteiger partial charge in [-0.25, -0.2) is 0 Å². The molecule has 1 aliphatic rings. The van der Waals surface area contributed by atoms with Crippen LogP contribution >= 0.6 is 27.5 Å². The summed E-state index contributed by atoms with van der Waals surface area (Å²) < 4.78 is 11.1. The van der Waals surface area contributed by atoms with Gasteiger partial charge in [0.1, 0.15) is 5.75 Å². The molecular weight excluding hydrogens is 372 g/mol. The van der Waals surface area contributed by atoms with Crippen LogP contribution in [0.25, 0.3) is 6.08 Å². The van der Waals surface area contributed by atoms with Crippen molar-refractivity contribution in [1.82, 2.24) is 0 Å². The molecule has 112 valence electrons. The molecule has 0 radical (unpaired) electrons. The average Bonchev–Trinajstić information content (AvgIpc) is 2.79. The third-order valence-corrected chi connectivity index (χ3v) is 4.04. The summed E-state index contributed by atoms with van der Waals surface area (Å²) in [4.78, 5) is 12.3. The maximum absolute atomic E-state index is 12.3. The van der Waals surface area contributed by atoms with Crippen molar-refractivity contribution in [3.05, 3.63) is 56.7 Å². The van der Waals surface area contributed by atoms with Crippen molar-refractivity contribution < 1.29 is 19.4 Å². The molecule has 0 aromatic heterocycles. The molecule has 3 rings (SSSR count). The first kappa shape index (κ1) is 14.9. The van der Waals surface area contributed by atoms with Gasteiger partial charge in [-0.1, -0.05) is 11.6 Å². The fourth-order valence-electron chi connectivity index (χ4n) is 2.15. The highest BCUT2D eigenvalue weighted by atomic mass is 79.9. The Bertz CT molecular complexity index is 814. The molecule has 0 atom stereocenters. The van der Waals surface area contributed by atoms with Crippen molar-refractivity contribution in [2.75, 3.05) is 7.11 Å². The van der Waals surface area contributed by atoms with E-state index >= 15 is 0 Å². The largest absolute Gasteiger partial charge is 0.503 e. The van der Waals surface area contributed by atoms with Crippen LogP contribution < -0.4 is 9.47 Å². The summed E-state index contributed by atoms with van der Waals surface area (Å²) in [6.07, 6.45) is 1.59. The minimum Gasteiger partial charge on any atom is -0.503 e. The normalized spacial score (nSPS) is 14.9. The van der Waals surface area contributed by atoms with Crippen LogP contribution in [0.4, 0.5) is 0 Å². The summed E-state index contributed by atoms with van der Waals surface area (Å²) in [6.45, 7) is 0. The highest BCUT2D eigenvalue weighted by Crippen LogP contribution is 2.37. The van der Waals surface area contributed by atoms with E-state index in [0.717, 1.165) is 0 Å². The average molecular weight is 382 g/mol. The lowest BCUT2D eigenvalue weighted by atomic mass is 10.1. The van der Waals surface area contributed by atoms with E-state index in [2.05, 4.69) is 15.9 Å². The predicted molar refractivity (Wildman–Crippen MR) is 86.7 cm³/mol. The lowest BCUT2D eigenvalue weighted by molar-refractivity contribution is 0.101. The Balaban J connectivity index is 2.01. The first-order valence-electron chi connectivity index (χ1n) is 6.30. The summed E-state index contributed by atoms with van der Waals surface area (Å²) in [5, 5.41) is 10.3. The zero-order valence-corrected chi connectivity index (χ0v) is 13.7. The van der Waals surface area contributed by atoms with E-state index < -0.39 is 0 Å². The molecule has 1 heterocycles. The van der Waals surface area contributed by atoms with Crippen molar-refractivity contribution >= 4 is 39.4 Å². The number of ketones is 1. The van der Waals surface area contributed by atoms with Crippen LogP contribution in [0.2, 0.25) is 5.02 Å². The van der Waals surface area contributed by atoms with Crippen LogP contribution in [0.1, 0.15) is 15.9 Å². The fraction of sp³-hybridized carbons (Fsp3) is 0.0625. The molecule has 2 aromatic carbocycles. The Morgan fingerprint density at radius 2 is 2.09 bits per heavy atom. The van der Waals surface area contributed by atoms with E-state index in [1.54, 1.807) is 36.4 Å². The Morgan fingerprint density at radius 3 is 2.82 bits per heavy atom.